The summed E-state index contributed by atoms with van der Waals surface area (Å²) in [7, 11) is 1.46. The molecule has 5 nitrogen and oxygen atoms in total. The van der Waals surface area contributed by atoms with Crippen molar-refractivity contribution in [3.8, 4) is 23.0 Å². The van der Waals surface area contributed by atoms with Crippen LogP contribution in [0.4, 0.5) is 13.2 Å². The summed E-state index contributed by atoms with van der Waals surface area (Å²) in [6, 6.07) is 6.96. The third kappa shape index (κ3) is 3.98. The first kappa shape index (κ1) is 20.2. The van der Waals surface area contributed by atoms with Gasteiger partial charge in [-0.05, 0) is 24.3 Å². The zero-order chi connectivity index (χ0) is 20.6. The van der Waals surface area contributed by atoms with Crippen molar-refractivity contribution in [2.45, 2.75) is 12.3 Å². The van der Waals surface area contributed by atoms with E-state index < -0.39 is 23.8 Å². The van der Waals surface area contributed by atoms with Crippen LogP contribution >= 0.6 is 23.2 Å². The topological polar surface area (TPSA) is 65.0 Å². The number of carboxylic acid groups (broad SMARTS) is 1. The van der Waals surface area contributed by atoms with Gasteiger partial charge in [0.05, 0.1) is 22.7 Å². The van der Waals surface area contributed by atoms with E-state index >= 15 is 0 Å². The molecule has 0 aromatic heterocycles. The SMILES string of the molecule is COc1ccc(Oc2cc3c(cc2Cl)C=C(C(=O)O)[C@H](C(F)(F)F)O3)c(Cl)c1. The molecule has 2 aromatic rings. The number of benzene rings is 2. The highest BCUT2D eigenvalue weighted by atomic mass is 35.5. The highest BCUT2D eigenvalue weighted by molar-refractivity contribution is 6.33. The number of aliphatic carboxylic acids is 1. The van der Waals surface area contributed by atoms with Gasteiger partial charge in [-0.15, -0.1) is 0 Å². The van der Waals surface area contributed by atoms with E-state index in [4.69, 9.17) is 42.5 Å². The predicted molar refractivity (Wildman–Crippen MR) is 95.6 cm³/mol. The van der Waals surface area contributed by atoms with Crippen LogP contribution in [0.5, 0.6) is 23.0 Å². The van der Waals surface area contributed by atoms with Gasteiger partial charge in [-0.25, -0.2) is 4.79 Å². The Hall–Kier alpha value is -2.58. The largest absolute Gasteiger partial charge is 0.497 e. The van der Waals surface area contributed by atoms with Gasteiger partial charge in [0.15, 0.2) is 0 Å². The molecule has 2 aromatic carbocycles. The lowest BCUT2D eigenvalue weighted by atomic mass is 10.0. The molecule has 0 fully saturated rings. The summed E-state index contributed by atoms with van der Waals surface area (Å²) < 4.78 is 55.1. The fraction of sp³-hybridized carbons (Fsp3) is 0.167. The Morgan fingerprint density at radius 2 is 1.82 bits per heavy atom. The zero-order valence-corrected chi connectivity index (χ0v) is 15.5. The van der Waals surface area contributed by atoms with E-state index in [2.05, 4.69) is 0 Å². The number of hydrogen-bond donors (Lipinski definition) is 1. The fourth-order valence-electron chi connectivity index (χ4n) is 2.50. The molecule has 0 amide bonds. The Labute approximate surface area is 166 Å². The lowest BCUT2D eigenvalue weighted by molar-refractivity contribution is -0.187. The molecule has 3 rings (SSSR count). The van der Waals surface area contributed by atoms with Gasteiger partial charge in [-0.3, -0.25) is 0 Å². The maximum Gasteiger partial charge on any atom is 0.430 e. The lowest BCUT2D eigenvalue weighted by Gasteiger charge is -2.27. The summed E-state index contributed by atoms with van der Waals surface area (Å²) in [4.78, 5) is 11.2. The quantitative estimate of drug-likeness (QED) is 0.679. The number of hydrogen-bond acceptors (Lipinski definition) is 4. The van der Waals surface area contributed by atoms with Crippen molar-refractivity contribution >= 4 is 35.2 Å². The molecule has 0 spiro atoms. The van der Waals surface area contributed by atoms with E-state index in [9.17, 15) is 18.0 Å². The van der Waals surface area contributed by atoms with Crippen LogP contribution in [-0.4, -0.2) is 30.5 Å². The van der Waals surface area contributed by atoms with E-state index in [1.54, 1.807) is 6.07 Å². The summed E-state index contributed by atoms with van der Waals surface area (Å²) in [6.45, 7) is 0. The van der Waals surface area contributed by atoms with Crippen LogP contribution in [0.2, 0.25) is 10.0 Å². The Balaban J connectivity index is 2.00. The molecule has 1 atom stereocenters. The average molecular weight is 435 g/mol. The van der Waals surface area contributed by atoms with Crippen molar-refractivity contribution in [3.05, 3.63) is 51.5 Å². The van der Waals surface area contributed by atoms with Crippen LogP contribution in [0.15, 0.2) is 35.9 Å². The molecule has 148 valence electrons. The van der Waals surface area contributed by atoms with Crippen molar-refractivity contribution in [2.24, 2.45) is 0 Å². The van der Waals surface area contributed by atoms with E-state index in [0.717, 1.165) is 12.1 Å². The Morgan fingerprint density at radius 1 is 1.14 bits per heavy atom. The summed E-state index contributed by atoms with van der Waals surface area (Å²) in [5.74, 6) is -1.31. The minimum Gasteiger partial charge on any atom is -0.497 e. The van der Waals surface area contributed by atoms with Gasteiger partial charge < -0.3 is 19.3 Å². The van der Waals surface area contributed by atoms with Gasteiger partial charge in [-0.1, -0.05) is 23.2 Å². The standard InChI is InChI=1S/C18H11Cl2F3O5/c1-26-9-2-3-13(12(20)6-9)27-15-7-14-8(5-11(15)19)4-10(17(24)25)16(28-14)18(21,22)23/h2-7,16H,1H3,(H,24,25)/t16-/m1/s1. The van der Waals surface area contributed by atoms with Crippen LogP contribution in [0.3, 0.4) is 0 Å². The molecule has 0 radical (unpaired) electrons. The van der Waals surface area contributed by atoms with Crippen molar-refractivity contribution in [1.29, 1.82) is 0 Å². The van der Waals surface area contributed by atoms with Crippen LogP contribution in [-0.2, 0) is 4.79 Å². The predicted octanol–water partition coefficient (Wildman–Crippen LogP) is 5.59. The number of ether oxygens (including phenoxy) is 3. The molecule has 0 bridgehead atoms. The molecule has 1 aliphatic heterocycles. The molecule has 0 aliphatic carbocycles. The molecule has 1 aliphatic rings. The minimum atomic E-state index is -4.91. The van der Waals surface area contributed by atoms with Gasteiger partial charge in [0.2, 0.25) is 6.10 Å². The van der Waals surface area contributed by atoms with Crippen LogP contribution in [0.25, 0.3) is 6.08 Å². The number of carbonyl (C=O) groups is 1. The maximum atomic E-state index is 13.2. The second-order valence-corrected chi connectivity index (χ2v) is 6.48. The number of halogens is 5. The molecule has 1 N–H and O–H groups in total. The van der Waals surface area contributed by atoms with Gasteiger partial charge in [0.1, 0.15) is 23.0 Å². The van der Waals surface area contributed by atoms with Gasteiger partial charge in [0.25, 0.3) is 0 Å². The smallest absolute Gasteiger partial charge is 0.430 e. The summed E-state index contributed by atoms with van der Waals surface area (Å²) >= 11 is 12.2. The van der Waals surface area contributed by atoms with Crippen LogP contribution < -0.4 is 14.2 Å². The maximum absolute atomic E-state index is 13.2. The van der Waals surface area contributed by atoms with Gasteiger partial charge in [0, 0.05) is 17.7 Å². The minimum absolute atomic E-state index is 0.0133. The number of carboxylic acids is 1. The third-order valence-electron chi connectivity index (χ3n) is 3.81. The van der Waals surface area contributed by atoms with Crippen molar-refractivity contribution < 1.29 is 37.3 Å². The van der Waals surface area contributed by atoms with Crippen molar-refractivity contribution in [2.75, 3.05) is 7.11 Å². The Kier molecular flexibility index (Phi) is 5.36. The van der Waals surface area contributed by atoms with Crippen LogP contribution in [0, 0.1) is 0 Å². The normalized spacial score (nSPS) is 15.9. The number of fused-ring (bicyclic) bond motifs is 1. The first-order valence-corrected chi connectivity index (χ1v) is 8.39. The molecule has 0 unspecified atom stereocenters. The summed E-state index contributed by atoms with van der Waals surface area (Å²) in [5, 5.41) is 9.28. The van der Waals surface area contributed by atoms with E-state index in [0.29, 0.717) is 5.75 Å². The molecule has 28 heavy (non-hydrogen) atoms. The molecular weight excluding hydrogens is 424 g/mol. The summed E-state index contributed by atoms with van der Waals surface area (Å²) in [6.07, 6.45) is -6.66. The summed E-state index contributed by atoms with van der Waals surface area (Å²) in [5.41, 5.74) is -0.862. The zero-order valence-electron chi connectivity index (χ0n) is 14.0. The van der Waals surface area contributed by atoms with Crippen LogP contribution in [0.1, 0.15) is 5.56 Å². The lowest BCUT2D eigenvalue weighted by Crippen LogP contribution is -2.40. The Bertz CT molecular complexity index is 972. The number of rotatable bonds is 4. The number of methoxy groups -OCH3 is 1. The van der Waals surface area contributed by atoms with Crippen molar-refractivity contribution in [3.63, 3.8) is 0 Å². The molecule has 1 heterocycles. The van der Waals surface area contributed by atoms with E-state index in [-0.39, 0.29) is 32.9 Å². The first-order valence-electron chi connectivity index (χ1n) is 7.63. The average Bonchev–Trinajstić information content (AvgIpc) is 2.62. The third-order valence-corrected chi connectivity index (χ3v) is 4.40. The highest BCUT2D eigenvalue weighted by Crippen LogP contribution is 2.43. The fourth-order valence-corrected chi connectivity index (χ4v) is 2.92. The van der Waals surface area contributed by atoms with Crippen molar-refractivity contribution in [1.82, 2.24) is 0 Å². The highest BCUT2D eigenvalue weighted by Gasteiger charge is 2.48. The molecule has 0 saturated carbocycles. The second-order valence-electron chi connectivity index (χ2n) is 5.66. The molecule has 0 saturated heterocycles. The monoisotopic (exact) mass is 434 g/mol. The van der Waals surface area contributed by atoms with E-state index in [1.165, 1.54) is 25.3 Å². The first-order chi connectivity index (χ1) is 13.1. The molecular formula is C18H11Cl2F3O5. The van der Waals surface area contributed by atoms with Gasteiger partial charge in [-0.2, -0.15) is 13.2 Å². The second kappa shape index (κ2) is 7.44. The van der Waals surface area contributed by atoms with E-state index in [1.807, 2.05) is 0 Å². The Morgan fingerprint density at radius 3 is 2.39 bits per heavy atom. The number of alkyl halides is 3. The van der Waals surface area contributed by atoms with Gasteiger partial charge >= 0.3 is 12.1 Å². The molecule has 10 heteroatoms.